The Bertz CT molecular complexity index is 540. The molecule has 4 nitrogen and oxygen atoms in total. The van der Waals surface area contributed by atoms with Crippen LogP contribution in [-0.4, -0.2) is 23.7 Å². The van der Waals surface area contributed by atoms with Crippen LogP contribution in [0.4, 0.5) is 0 Å². The van der Waals surface area contributed by atoms with Crippen LogP contribution in [0.25, 0.3) is 11.1 Å². The van der Waals surface area contributed by atoms with Gasteiger partial charge in [-0.25, -0.2) is 9.59 Å². The zero-order valence-electron chi connectivity index (χ0n) is 9.84. The molecule has 0 bridgehead atoms. The molecule has 2 rings (SSSR count). The fourth-order valence-corrected chi connectivity index (χ4v) is 1.72. The van der Waals surface area contributed by atoms with E-state index in [9.17, 15) is 9.59 Å². The number of aromatic carboxylic acids is 1. The number of esters is 1. The van der Waals surface area contributed by atoms with Gasteiger partial charge in [-0.15, -0.1) is 0 Å². The van der Waals surface area contributed by atoms with Gasteiger partial charge in [-0.05, 0) is 42.3 Å². The lowest BCUT2D eigenvalue weighted by atomic mass is 10.2. The number of rotatable bonds is 3. The molecule has 0 aromatic rings. The molecular formula is C14H12O4. The molecule has 0 radical (unpaired) electrons. The largest absolute Gasteiger partial charge is 0.478 e. The second-order valence-corrected chi connectivity index (χ2v) is 3.80. The van der Waals surface area contributed by atoms with Gasteiger partial charge in [0.05, 0.1) is 17.7 Å². The summed E-state index contributed by atoms with van der Waals surface area (Å²) in [6.45, 7) is 2.07. The van der Waals surface area contributed by atoms with Crippen molar-refractivity contribution in [1.29, 1.82) is 0 Å². The summed E-state index contributed by atoms with van der Waals surface area (Å²) in [6, 6.07) is 9.85. The molecule has 0 saturated carbocycles. The Morgan fingerprint density at radius 3 is 2.06 bits per heavy atom. The van der Waals surface area contributed by atoms with E-state index < -0.39 is 5.97 Å². The van der Waals surface area contributed by atoms with Crippen LogP contribution in [0, 0.1) is 0 Å². The fraction of sp³-hybridized carbons (Fsp3) is 0.143. The van der Waals surface area contributed by atoms with Crippen LogP contribution in [0.1, 0.15) is 27.6 Å². The maximum Gasteiger partial charge on any atom is 0.338 e. The molecule has 1 N–H and O–H groups in total. The predicted molar refractivity (Wildman–Crippen MR) is 66.0 cm³/mol. The molecule has 92 valence electrons. The Labute approximate surface area is 104 Å². The van der Waals surface area contributed by atoms with E-state index in [-0.39, 0.29) is 11.5 Å². The molecule has 0 aromatic heterocycles. The van der Waals surface area contributed by atoms with Gasteiger partial charge < -0.3 is 9.84 Å². The Kier molecular flexibility index (Phi) is 3.28. The minimum atomic E-state index is -0.959. The SMILES string of the molecule is CCOC(=O)c1ccc2cc(C(=O)O)cc-2cc1. The van der Waals surface area contributed by atoms with Gasteiger partial charge in [-0.2, -0.15) is 0 Å². The number of fused-ring (bicyclic) bond motifs is 1. The number of ether oxygens (including phenoxy) is 1. The molecular weight excluding hydrogens is 232 g/mol. The molecule has 0 unspecified atom stereocenters. The smallest absolute Gasteiger partial charge is 0.338 e. The lowest BCUT2D eigenvalue weighted by Gasteiger charge is -1.97. The van der Waals surface area contributed by atoms with Gasteiger partial charge in [0.2, 0.25) is 0 Å². The topological polar surface area (TPSA) is 63.6 Å². The third-order valence-electron chi connectivity index (χ3n) is 2.60. The summed E-state index contributed by atoms with van der Waals surface area (Å²) in [4.78, 5) is 22.4. The molecule has 0 spiro atoms. The summed E-state index contributed by atoms with van der Waals surface area (Å²) in [6.07, 6.45) is 0. The van der Waals surface area contributed by atoms with E-state index >= 15 is 0 Å². The van der Waals surface area contributed by atoms with E-state index in [1.165, 1.54) is 0 Å². The molecule has 0 heterocycles. The third-order valence-corrected chi connectivity index (χ3v) is 2.60. The van der Waals surface area contributed by atoms with Gasteiger partial charge in [0.1, 0.15) is 0 Å². The molecule has 2 aliphatic carbocycles. The van der Waals surface area contributed by atoms with E-state index in [2.05, 4.69) is 0 Å². The van der Waals surface area contributed by atoms with Crippen molar-refractivity contribution in [1.82, 2.24) is 0 Å². The van der Waals surface area contributed by atoms with Gasteiger partial charge in [-0.1, -0.05) is 12.1 Å². The number of carbonyl (C=O) groups excluding carboxylic acids is 1. The van der Waals surface area contributed by atoms with E-state index in [1.807, 2.05) is 0 Å². The Balaban J connectivity index is 2.41. The van der Waals surface area contributed by atoms with Gasteiger partial charge in [0, 0.05) is 0 Å². The lowest BCUT2D eigenvalue weighted by Crippen LogP contribution is -2.02. The number of carboxylic acids is 1. The highest BCUT2D eigenvalue weighted by atomic mass is 16.5. The summed E-state index contributed by atoms with van der Waals surface area (Å²) < 4.78 is 4.90. The number of carbonyl (C=O) groups is 2. The monoisotopic (exact) mass is 244 g/mol. The van der Waals surface area contributed by atoms with Crippen molar-refractivity contribution in [3.8, 4) is 11.1 Å². The van der Waals surface area contributed by atoms with Gasteiger partial charge in [0.25, 0.3) is 0 Å². The first-order valence-electron chi connectivity index (χ1n) is 5.56. The normalized spacial score (nSPS) is 10.3. The standard InChI is InChI=1S/C14H12O4/c1-2-18-14(17)9-3-5-10-7-12(13(15)16)8-11(10)6-4-9/h3-8H,2H2,1H3,(H,15,16). The highest BCUT2D eigenvalue weighted by Gasteiger charge is 2.12. The summed E-state index contributed by atoms with van der Waals surface area (Å²) in [5.41, 5.74) is 2.25. The molecule has 0 saturated heterocycles. The van der Waals surface area contributed by atoms with Crippen LogP contribution in [0.2, 0.25) is 0 Å². The molecule has 2 aliphatic rings. The first-order chi connectivity index (χ1) is 8.61. The molecule has 0 fully saturated rings. The summed E-state index contributed by atoms with van der Waals surface area (Å²) in [5, 5.41) is 8.89. The Morgan fingerprint density at radius 1 is 1.06 bits per heavy atom. The summed E-state index contributed by atoms with van der Waals surface area (Å²) in [7, 11) is 0. The van der Waals surface area contributed by atoms with Crippen molar-refractivity contribution in [2.45, 2.75) is 6.92 Å². The minimum Gasteiger partial charge on any atom is -0.478 e. The van der Waals surface area contributed by atoms with E-state index in [4.69, 9.17) is 9.84 Å². The van der Waals surface area contributed by atoms with Gasteiger partial charge in [0.15, 0.2) is 0 Å². The second-order valence-electron chi connectivity index (χ2n) is 3.80. The van der Waals surface area contributed by atoms with Crippen molar-refractivity contribution in [3.05, 3.63) is 47.5 Å². The van der Waals surface area contributed by atoms with Crippen molar-refractivity contribution in [3.63, 3.8) is 0 Å². The van der Waals surface area contributed by atoms with Crippen molar-refractivity contribution in [2.24, 2.45) is 0 Å². The summed E-state index contributed by atoms with van der Waals surface area (Å²) in [5.74, 6) is -1.34. The fourth-order valence-electron chi connectivity index (χ4n) is 1.72. The minimum absolute atomic E-state index is 0.244. The Hall–Kier alpha value is -2.36. The molecule has 0 aliphatic heterocycles. The lowest BCUT2D eigenvalue weighted by molar-refractivity contribution is 0.0526. The second kappa shape index (κ2) is 4.87. The average Bonchev–Trinajstić information content (AvgIpc) is 2.64. The maximum absolute atomic E-state index is 11.5. The van der Waals surface area contributed by atoms with E-state index in [0.717, 1.165) is 11.1 Å². The highest BCUT2D eigenvalue weighted by molar-refractivity contribution is 5.94. The number of carboxylic acid groups (broad SMARTS) is 1. The van der Waals surface area contributed by atoms with Gasteiger partial charge in [-0.3, -0.25) is 0 Å². The van der Waals surface area contributed by atoms with Crippen molar-refractivity contribution >= 4 is 11.9 Å². The number of hydrogen-bond acceptors (Lipinski definition) is 3. The van der Waals surface area contributed by atoms with Crippen LogP contribution in [0.5, 0.6) is 0 Å². The maximum atomic E-state index is 11.5. The quantitative estimate of drug-likeness (QED) is 0.843. The first-order valence-corrected chi connectivity index (χ1v) is 5.56. The zero-order chi connectivity index (χ0) is 13.1. The van der Waals surface area contributed by atoms with Crippen LogP contribution < -0.4 is 0 Å². The molecule has 0 aromatic carbocycles. The average molecular weight is 244 g/mol. The van der Waals surface area contributed by atoms with Crippen LogP contribution >= 0.6 is 0 Å². The van der Waals surface area contributed by atoms with Crippen molar-refractivity contribution in [2.75, 3.05) is 6.61 Å². The first kappa shape index (κ1) is 12.1. The summed E-state index contributed by atoms with van der Waals surface area (Å²) >= 11 is 0. The van der Waals surface area contributed by atoms with E-state index in [0.29, 0.717) is 12.2 Å². The van der Waals surface area contributed by atoms with Crippen molar-refractivity contribution < 1.29 is 19.4 Å². The predicted octanol–water partition coefficient (Wildman–Crippen LogP) is 2.67. The molecule has 0 atom stereocenters. The Morgan fingerprint density at radius 2 is 1.61 bits per heavy atom. The van der Waals surface area contributed by atoms with Gasteiger partial charge >= 0.3 is 11.9 Å². The van der Waals surface area contributed by atoms with E-state index in [1.54, 1.807) is 43.3 Å². The molecule has 18 heavy (non-hydrogen) atoms. The van der Waals surface area contributed by atoms with Crippen LogP contribution in [0.3, 0.4) is 0 Å². The molecule has 4 heteroatoms. The zero-order valence-corrected chi connectivity index (χ0v) is 9.84. The third kappa shape index (κ3) is 2.32. The number of hydrogen-bond donors (Lipinski definition) is 1. The van der Waals surface area contributed by atoms with Crippen LogP contribution in [0.15, 0.2) is 36.4 Å². The molecule has 0 amide bonds. The highest BCUT2D eigenvalue weighted by Crippen LogP contribution is 2.25. The van der Waals surface area contributed by atoms with Crippen LogP contribution in [-0.2, 0) is 4.74 Å².